The summed E-state index contributed by atoms with van der Waals surface area (Å²) in [5.74, 6) is 0. The molecule has 5 nitrogen and oxygen atoms in total. The molecule has 0 aromatic carbocycles. The van der Waals surface area contributed by atoms with Crippen LogP contribution in [0.5, 0.6) is 0 Å². The Bertz CT molecular complexity index is 877. The third kappa shape index (κ3) is 3.28. The van der Waals surface area contributed by atoms with E-state index in [0.717, 1.165) is 12.1 Å². The lowest BCUT2D eigenvalue weighted by Gasteiger charge is -2.08. The molecule has 0 saturated heterocycles. The lowest BCUT2D eigenvalue weighted by Crippen LogP contribution is -2.04. The SMILES string of the molecule is Cc1nc(C)c(-c2cc(C(F)(F)F)[nH]n2)cc1-c1cc(C(F)(F)F)[nH]n1. The minimum atomic E-state index is -4.59. The zero-order chi connectivity index (χ0) is 19.3. The van der Waals surface area contributed by atoms with Crippen molar-refractivity contribution in [1.82, 2.24) is 25.4 Å². The Morgan fingerprint density at radius 2 is 1.08 bits per heavy atom. The van der Waals surface area contributed by atoms with Gasteiger partial charge in [0.15, 0.2) is 0 Å². The van der Waals surface area contributed by atoms with Crippen LogP contribution in [0.2, 0.25) is 0 Å². The highest BCUT2D eigenvalue weighted by Gasteiger charge is 2.34. The maximum absolute atomic E-state index is 12.7. The molecule has 0 amide bonds. The molecule has 26 heavy (non-hydrogen) atoms. The van der Waals surface area contributed by atoms with Crippen LogP contribution in [0, 0.1) is 13.8 Å². The Balaban J connectivity index is 2.08. The normalized spacial score (nSPS) is 12.6. The molecule has 138 valence electrons. The number of H-pyrrole nitrogens is 2. The van der Waals surface area contributed by atoms with E-state index in [1.807, 2.05) is 10.2 Å². The van der Waals surface area contributed by atoms with Gasteiger partial charge in [-0.25, -0.2) is 0 Å². The van der Waals surface area contributed by atoms with E-state index in [1.54, 1.807) is 13.8 Å². The van der Waals surface area contributed by atoms with Crippen LogP contribution in [-0.2, 0) is 12.4 Å². The van der Waals surface area contributed by atoms with Gasteiger partial charge in [-0.1, -0.05) is 0 Å². The van der Waals surface area contributed by atoms with Crippen LogP contribution in [-0.4, -0.2) is 25.4 Å². The Morgan fingerprint density at radius 1 is 0.692 bits per heavy atom. The maximum Gasteiger partial charge on any atom is 0.432 e. The molecule has 2 N–H and O–H groups in total. The Kier molecular flexibility index (Phi) is 4.04. The van der Waals surface area contributed by atoms with Crippen molar-refractivity contribution < 1.29 is 26.3 Å². The summed E-state index contributed by atoms with van der Waals surface area (Å²) < 4.78 is 76.4. The van der Waals surface area contributed by atoms with Gasteiger partial charge in [0.2, 0.25) is 0 Å². The number of aromatic amines is 2. The monoisotopic (exact) mass is 375 g/mol. The number of pyridine rings is 1. The number of hydrogen-bond donors (Lipinski definition) is 2. The number of alkyl halides is 6. The van der Waals surface area contributed by atoms with Crippen LogP contribution in [0.3, 0.4) is 0 Å². The lowest BCUT2D eigenvalue weighted by molar-refractivity contribution is -0.142. The molecule has 3 aromatic rings. The molecule has 0 unspecified atom stereocenters. The zero-order valence-corrected chi connectivity index (χ0v) is 13.3. The fourth-order valence-electron chi connectivity index (χ4n) is 2.45. The van der Waals surface area contributed by atoms with Crippen LogP contribution >= 0.6 is 0 Å². The fraction of sp³-hybridized carbons (Fsp3) is 0.267. The van der Waals surface area contributed by atoms with Crippen molar-refractivity contribution in [2.45, 2.75) is 26.2 Å². The summed E-state index contributed by atoms with van der Waals surface area (Å²) >= 11 is 0. The summed E-state index contributed by atoms with van der Waals surface area (Å²) in [5.41, 5.74) is -0.814. The Labute approximate surface area is 142 Å². The summed E-state index contributed by atoms with van der Waals surface area (Å²) in [7, 11) is 0. The van der Waals surface area contributed by atoms with Crippen molar-refractivity contribution in [3.05, 3.63) is 41.0 Å². The highest BCUT2D eigenvalue weighted by Crippen LogP contribution is 2.35. The van der Waals surface area contributed by atoms with Crippen molar-refractivity contribution in [3.63, 3.8) is 0 Å². The van der Waals surface area contributed by atoms with Gasteiger partial charge in [-0.3, -0.25) is 15.2 Å². The van der Waals surface area contributed by atoms with Gasteiger partial charge >= 0.3 is 12.4 Å². The number of aryl methyl sites for hydroxylation is 2. The van der Waals surface area contributed by atoms with Gasteiger partial charge < -0.3 is 0 Å². The van der Waals surface area contributed by atoms with Crippen molar-refractivity contribution >= 4 is 0 Å². The smallest absolute Gasteiger partial charge is 0.273 e. The summed E-state index contributed by atoms with van der Waals surface area (Å²) in [6.45, 7) is 3.14. The van der Waals surface area contributed by atoms with Crippen molar-refractivity contribution in [1.29, 1.82) is 0 Å². The number of rotatable bonds is 2. The summed E-state index contributed by atoms with van der Waals surface area (Å²) in [6.07, 6.45) is -9.19. The van der Waals surface area contributed by atoms with Crippen LogP contribution in [0.1, 0.15) is 22.8 Å². The second kappa shape index (κ2) is 5.85. The highest BCUT2D eigenvalue weighted by atomic mass is 19.4. The van der Waals surface area contributed by atoms with E-state index in [1.165, 1.54) is 6.07 Å². The summed E-state index contributed by atoms with van der Waals surface area (Å²) in [5, 5.41) is 11.1. The van der Waals surface area contributed by atoms with Gasteiger partial charge in [0.1, 0.15) is 11.4 Å². The van der Waals surface area contributed by atoms with Crippen LogP contribution < -0.4 is 0 Å². The third-order valence-corrected chi connectivity index (χ3v) is 3.72. The summed E-state index contributed by atoms with van der Waals surface area (Å²) in [6, 6.07) is 3.05. The van der Waals surface area contributed by atoms with Gasteiger partial charge in [-0.15, -0.1) is 0 Å². The molecule has 3 heterocycles. The number of aromatic nitrogens is 5. The van der Waals surface area contributed by atoms with Gasteiger partial charge in [0.25, 0.3) is 0 Å². The zero-order valence-electron chi connectivity index (χ0n) is 13.3. The average molecular weight is 375 g/mol. The predicted molar refractivity (Wildman–Crippen MR) is 78.9 cm³/mol. The van der Waals surface area contributed by atoms with Gasteiger partial charge in [-0.2, -0.15) is 36.5 Å². The molecule has 0 aliphatic heterocycles. The highest BCUT2D eigenvalue weighted by molar-refractivity contribution is 5.72. The minimum absolute atomic E-state index is 0.0184. The van der Waals surface area contributed by atoms with E-state index in [9.17, 15) is 26.3 Å². The van der Waals surface area contributed by atoms with E-state index in [0.29, 0.717) is 11.4 Å². The molecular formula is C15H11F6N5. The van der Waals surface area contributed by atoms with E-state index >= 15 is 0 Å². The number of halogens is 6. The second-order valence-electron chi connectivity index (χ2n) is 5.58. The molecule has 3 rings (SSSR count). The molecule has 0 spiro atoms. The Hall–Kier alpha value is -2.85. The van der Waals surface area contributed by atoms with E-state index in [4.69, 9.17) is 0 Å². The first-order valence-corrected chi connectivity index (χ1v) is 7.21. The molecule has 0 fully saturated rings. The molecular weight excluding hydrogens is 364 g/mol. The topological polar surface area (TPSA) is 70.2 Å². The largest absolute Gasteiger partial charge is 0.432 e. The first kappa shape index (κ1) is 18.0. The average Bonchev–Trinajstić information content (AvgIpc) is 3.15. The predicted octanol–water partition coefficient (Wildman–Crippen LogP) is 4.52. The third-order valence-electron chi connectivity index (χ3n) is 3.72. The van der Waals surface area contributed by atoms with Gasteiger partial charge in [-0.05, 0) is 32.0 Å². The second-order valence-corrected chi connectivity index (χ2v) is 5.58. The molecule has 0 saturated carbocycles. The molecule has 11 heteroatoms. The first-order chi connectivity index (χ1) is 12.0. The van der Waals surface area contributed by atoms with Crippen LogP contribution in [0.25, 0.3) is 22.5 Å². The van der Waals surface area contributed by atoms with Gasteiger partial charge in [0.05, 0.1) is 11.4 Å². The van der Waals surface area contributed by atoms with Gasteiger partial charge in [0, 0.05) is 22.5 Å². The fourth-order valence-corrected chi connectivity index (χ4v) is 2.45. The number of hydrogen-bond acceptors (Lipinski definition) is 3. The molecule has 0 atom stereocenters. The molecule has 0 aliphatic rings. The van der Waals surface area contributed by atoms with Crippen molar-refractivity contribution in [2.24, 2.45) is 0 Å². The van der Waals surface area contributed by atoms with Crippen molar-refractivity contribution in [2.75, 3.05) is 0 Å². The lowest BCUT2D eigenvalue weighted by atomic mass is 10.0. The molecule has 3 aromatic heterocycles. The van der Waals surface area contributed by atoms with Crippen LogP contribution in [0.4, 0.5) is 26.3 Å². The Morgan fingerprint density at radius 3 is 1.38 bits per heavy atom. The molecule has 0 bridgehead atoms. The first-order valence-electron chi connectivity index (χ1n) is 7.21. The summed E-state index contributed by atoms with van der Waals surface area (Å²) in [4.78, 5) is 4.20. The number of nitrogens with one attached hydrogen (secondary N) is 2. The minimum Gasteiger partial charge on any atom is -0.273 e. The maximum atomic E-state index is 12.7. The van der Waals surface area contributed by atoms with E-state index < -0.39 is 23.7 Å². The van der Waals surface area contributed by atoms with Crippen molar-refractivity contribution in [3.8, 4) is 22.5 Å². The molecule has 0 aliphatic carbocycles. The quantitative estimate of drug-likeness (QED) is 0.647. The van der Waals surface area contributed by atoms with E-state index in [2.05, 4.69) is 15.2 Å². The standard InChI is InChI=1S/C15H11F6N5/c1-6-8(10-4-12(25-23-10)14(16,17)18)3-9(7(2)22-6)11-5-13(26-24-11)15(19,20)21/h3-5H,1-2H3,(H,23,25)(H,24,26). The molecule has 0 radical (unpaired) electrons. The van der Waals surface area contributed by atoms with Crippen LogP contribution in [0.15, 0.2) is 18.2 Å². The van der Waals surface area contributed by atoms with E-state index in [-0.39, 0.29) is 22.5 Å². The number of nitrogens with zero attached hydrogens (tertiary/aromatic N) is 3.